The fourth-order valence-electron chi connectivity index (χ4n) is 2.74. The predicted molar refractivity (Wildman–Crippen MR) is 103 cm³/mol. The van der Waals surface area contributed by atoms with Gasteiger partial charge in [-0.2, -0.15) is 0 Å². The molecule has 0 saturated heterocycles. The van der Waals surface area contributed by atoms with Crippen LogP contribution in [0, 0.1) is 13.8 Å². The quantitative estimate of drug-likeness (QED) is 0.674. The maximum atomic E-state index is 12.2. The Labute approximate surface area is 154 Å². The lowest BCUT2D eigenvalue weighted by Crippen LogP contribution is -2.37. The number of benzene rings is 1. The minimum absolute atomic E-state index is 0.176. The molecule has 0 bridgehead atoms. The Morgan fingerprint density at radius 3 is 2.52 bits per heavy atom. The third-order valence-corrected chi connectivity index (χ3v) is 5.11. The van der Waals surface area contributed by atoms with Crippen LogP contribution in [0.3, 0.4) is 0 Å². The second kappa shape index (κ2) is 8.99. The molecule has 0 N–H and O–H groups in total. The first-order valence-electron chi connectivity index (χ1n) is 8.86. The number of nitrogens with zero attached hydrogens (tertiary/aromatic N) is 2. The number of carbonyl (C=O) groups is 1. The molecule has 1 amide bonds. The van der Waals surface area contributed by atoms with Crippen molar-refractivity contribution in [1.82, 2.24) is 9.88 Å². The van der Waals surface area contributed by atoms with E-state index in [0.717, 1.165) is 22.9 Å². The van der Waals surface area contributed by atoms with Gasteiger partial charge in [0.25, 0.3) is 0 Å². The van der Waals surface area contributed by atoms with Crippen molar-refractivity contribution in [3.63, 3.8) is 0 Å². The molecular formula is C20H28N2O2S. The zero-order chi connectivity index (χ0) is 18.4. The third kappa shape index (κ3) is 5.56. The maximum absolute atomic E-state index is 12.2. The number of aromatic nitrogens is 1. The van der Waals surface area contributed by atoms with Gasteiger partial charge < -0.3 is 9.64 Å². The molecule has 0 aliphatic carbocycles. The van der Waals surface area contributed by atoms with Crippen LogP contribution in [0.2, 0.25) is 0 Å². The van der Waals surface area contributed by atoms with Crippen LogP contribution >= 0.6 is 11.3 Å². The Morgan fingerprint density at radius 1 is 1.24 bits per heavy atom. The molecule has 5 heteroatoms. The standard InChI is InChI=1S/C20H28N2O2S/c1-6-16(5)22(20(23)7-2)11-17-13-25-19(21-17)12-24-18-9-14(3)8-15(4)10-18/h8-10,13,16H,6-7,11-12H2,1-5H3. The summed E-state index contributed by atoms with van der Waals surface area (Å²) in [6.07, 6.45) is 1.47. The lowest BCUT2D eigenvalue weighted by molar-refractivity contribution is -0.133. The van der Waals surface area contributed by atoms with Gasteiger partial charge in [0.2, 0.25) is 5.91 Å². The molecular weight excluding hydrogens is 332 g/mol. The number of amides is 1. The monoisotopic (exact) mass is 360 g/mol. The van der Waals surface area contributed by atoms with Gasteiger partial charge in [0.05, 0.1) is 12.2 Å². The molecule has 0 radical (unpaired) electrons. The van der Waals surface area contributed by atoms with Crippen molar-refractivity contribution in [1.29, 1.82) is 0 Å². The number of aryl methyl sites for hydroxylation is 2. The van der Waals surface area contributed by atoms with Crippen molar-refractivity contribution in [3.8, 4) is 5.75 Å². The second-order valence-corrected chi connectivity index (χ2v) is 7.42. The summed E-state index contributed by atoms with van der Waals surface area (Å²) in [5.74, 6) is 1.05. The normalized spacial score (nSPS) is 12.0. The van der Waals surface area contributed by atoms with Crippen LogP contribution in [0.15, 0.2) is 23.6 Å². The molecule has 1 atom stereocenters. The second-order valence-electron chi connectivity index (χ2n) is 6.48. The van der Waals surface area contributed by atoms with Crippen molar-refractivity contribution < 1.29 is 9.53 Å². The first kappa shape index (κ1) is 19.4. The highest BCUT2D eigenvalue weighted by Crippen LogP contribution is 2.20. The van der Waals surface area contributed by atoms with Crippen molar-refractivity contribution in [2.45, 2.75) is 66.7 Å². The van der Waals surface area contributed by atoms with Crippen molar-refractivity contribution >= 4 is 17.2 Å². The van der Waals surface area contributed by atoms with Crippen LogP contribution in [-0.2, 0) is 17.9 Å². The van der Waals surface area contributed by atoms with Crippen molar-refractivity contribution in [2.24, 2.45) is 0 Å². The summed E-state index contributed by atoms with van der Waals surface area (Å²) >= 11 is 1.58. The molecule has 2 rings (SSSR count). The average molecular weight is 361 g/mol. The summed E-state index contributed by atoms with van der Waals surface area (Å²) in [7, 11) is 0. The first-order chi connectivity index (χ1) is 11.9. The Kier molecular flexibility index (Phi) is 7.00. The number of ether oxygens (including phenoxy) is 1. The van der Waals surface area contributed by atoms with Crippen LogP contribution in [0.4, 0.5) is 0 Å². The van der Waals surface area contributed by atoms with E-state index in [1.807, 2.05) is 29.3 Å². The van der Waals surface area contributed by atoms with E-state index in [9.17, 15) is 4.79 Å². The number of hydrogen-bond acceptors (Lipinski definition) is 4. The number of carbonyl (C=O) groups excluding carboxylic acids is 1. The SMILES string of the molecule is CCC(=O)N(Cc1csc(COc2cc(C)cc(C)c2)n1)C(C)CC. The molecule has 1 aromatic carbocycles. The summed E-state index contributed by atoms with van der Waals surface area (Å²) < 4.78 is 5.88. The summed E-state index contributed by atoms with van der Waals surface area (Å²) in [6.45, 7) is 11.3. The van der Waals surface area contributed by atoms with E-state index in [-0.39, 0.29) is 11.9 Å². The van der Waals surface area contributed by atoms with Gasteiger partial charge in [0, 0.05) is 17.8 Å². The van der Waals surface area contributed by atoms with Gasteiger partial charge in [-0.3, -0.25) is 4.79 Å². The van der Waals surface area contributed by atoms with Gasteiger partial charge in [0.1, 0.15) is 17.4 Å². The Hall–Kier alpha value is -1.88. The smallest absolute Gasteiger partial charge is 0.222 e. The molecule has 1 heterocycles. The fraction of sp³-hybridized carbons (Fsp3) is 0.500. The zero-order valence-corrected chi connectivity index (χ0v) is 16.7. The van der Waals surface area contributed by atoms with E-state index in [1.165, 1.54) is 11.1 Å². The Bertz CT molecular complexity index is 691. The summed E-state index contributed by atoms with van der Waals surface area (Å²) in [5.41, 5.74) is 3.32. The fourth-order valence-corrected chi connectivity index (χ4v) is 3.43. The maximum Gasteiger partial charge on any atom is 0.222 e. The van der Waals surface area contributed by atoms with Gasteiger partial charge in [-0.05, 0) is 50.5 Å². The molecule has 1 unspecified atom stereocenters. The van der Waals surface area contributed by atoms with Crippen LogP contribution in [-0.4, -0.2) is 21.8 Å². The van der Waals surface area contributed by atoms with E-state index in [1.54, 1.807) is 11.3 Å². The predicted octanol–water partition coefficient (Wildman–Crippen LogP) is 4.88. The van der Waals surface area contributed by atoms with Crippen LogP contribution < -0.4 is 4.74 Å². The van der Waals surface area contributed by atoms with Crippen LogP contribution in [0.1, 0.15) is 55.4 Å². The van der Waals surface area contributed by atoms with Crippen molar-refractivity contribution in [2.75, 3.05) is 0 Å². The molecule has 136 valence electrons. The van der Waals surface area contributed by atoms with Crippen molar-refractivity contribution in [3.05, 3.63) is 45.4 Å². The molecule has 0 spiro atoms. The molecule has 0 aliphatic heterocycles. The number of rotatable bonds is 8. The summed E-state index contributed by atoms with van der Waals surface area (Å²) in [4.78, 5) is 18.7. The molecule has 2 aromatic rings. The average Bonchev–Trinajstić information content (AvgIpc) is 3.03. The van der Waals surface area contributed by atoms with Crippen LogP contribution in [0.25, 0.3) is 0 Å². The molecule has 1 aromatic heterocycles. The molecule has 0 fully saturated rings. The van der Waals surface area contributed by atoms with Gasteiger partial charge in [-0.15, -0.1) is 11.3 Å². The molecule has 0 aliphatic rings. The van der Waals surface area contributed by atoms with E-state index in [2.05, 4.69) is 38.7 Å². The highest BCUT2D eigenvalue weighted by molar-refractivity contribution is 7.09. The summed E-state index contributed by atoms with van der Waals surface area (Å²) in [5, 5.41) is 2.96. The lowest BCUT2D eigenvalue weighted by Gasteiger charge is -2.27. The third-order valence-electron chi connectivity index (χ3n) is 4.23. The largest absolute Gasteiger partial charge is 0.486 e. The molecule has 25 heavy (non-hydrogen) atoms. The number of hydrogen-bond donors (Lipinski definition) is 0. The molecule has 4 nitrogen and oxygen atoms in total. The topological polar surface area (TPSA) is 42.4 Å². The lowest BCUT2D eigenvalue weighted by atomic mass is 10.1. The minimum atomic E-state index is 0.176. The Balaban J connectivity index is 2.00. The van der Waals surface area contributed by atoms with Gasteiger partial charge in [-0.1, -0.05) is 19.9 Å². The summed E-state index contributed by atoms with van der Waals surface area (Å²) in [6, 6.07) is 6.42. The highest BCUT2D eigenvalue weighted by Gasteiger charge is 2.19. The van der Waals surface area contributed by atoms with E-state index in [0.29, 0.717) is 19.6 Å². The highest BCUT2D eigenvalue weighted by atomic mass is 32.1. The minimum Gasteiger partial charge on any atom is -0.486 e. The van der Waals surface area contributed by atoms with Crippen LogP contribution in [0.5, 0.6) is 5.75 Å². The molecule has 0 saturated carbocycles. The zero-order valence-electron chi connectivity index (χ0n) is 15.8. The van der Waals surface area contributed by atoms with E-state index in [4.69, 9.17) is 4.74 Å². The number of thiazole rings is 1. The van der Waals surface area contributed by atoms with E-state index < -0.39 is 0 Å². The first-order valence-corrected chi connectivity index (χ1v) is 9.74. The van der Waals surface area contributed by atoms with Gasteiger partial charge in [-0.25, -0.2) is 4.98 Å². The van der Waals surface area contributed by atoms with E-state index >= 15 is 0 Å². The van der Waals surface area contributed by atoms with Gasteiger partial charge >= 0.3 is 0 Å². The van der Waals surface area contributed by atoms with Gasteiger partial charge in [0.15, 0.2) is 0 Å². The Morgan fingerprint density at radius 2 is 1.92 bits per heavy atom.